The third-order valence-electron chi connectivity index (χ3n) is 2.83. The Morgan fingerprint density at radius 3 is 2.58 bits per heavy atom. The zero-order chi connectivity index (χ0) is 14.2. The molecule has 5 heteroatoms. The zero-order valence-corrected chi connectivity index (χ0v) is 11.1. The van der Waals surface area contributed by atoms with Crippen molar-refractivity contribution in [2.45, 2.75) is 13.8 Å². The molecule has 2 rings (SSSR count). The maximum Gasteiger partial charge on any atom is 0.354 e. The van der Waals surface area contributed by atoms with Gasteiger partial charge in [0.15, 0.2) is 5.69 Å². The summed E-state index contributed by atoms with van der Waals surface area (Å²) in [6.07, 6.45) is 0. The number of carboxylic acid groups (broad SMARTS) is 1. The van der Waals surface area contributed by atoms with Crippen LogP contribution in [-0.2, 0) is 0 Å². The molecule has 0 spiro atoms. The standard InChI is InChI=1S/C14H11ClFNO2/c1-7-5-10(8(2)13(17-7)14(18)19)9-3-4-12(16)11(15)6-9/h3-6H,1-2H3,(H,18,19). The minimum absolute atomic E-state index is 0.00300. The summed E-state index contributed by atoms with van der Waals surface area (Å²) in [6, 6.07) is 6.05. The molecule has 1 heterocycles. The minimum atomic E-state index is -1.09. The van der Waals surface area contributed by atoms with Gasteiger partial charge in [0.1, 0.15) is 5.82 Å². The Bertz CT molecular complexity index is 671. The van der Waals surface area contributed by atoms with Gasteiger partial charge in [-0.1, -0.05) is 17.7 Å². The lowest BCUT2D eigenvalue weighted by Gasteiger charge is -2.10. The molecule has 98 valence electrons. The van der Waals surface area contributed by atoms with Crippen molar-refractivity contribution < 1.29 is 14.3 Å². The third kappa shape index (κ3) is 2.58. The first-order valence-corrected chi connectivity index (χ1v) is 5.95. The number of carboxylic acids is 1. The number of aryl methyl sites for hydroxylation is 1. The van der Waals surface area contributed by atoms with Gasteiger partial charge in [0.05, 0.1) is 5.02 Å². The summed E-state index contributed by atoms with van der Waals surface area (Å²) in [7, 11) is 0. The van der Waals surface area contributed by atoms with Gasteiger partial charge in [0, 0.05) is 5.69 Å². The second-order valence-corrected chi connectivity index (χ2v) is 4.63. The van der Waals surface area contributed by atoms with Gasteiger partial charge in [0.2, 0.25) is 0 Å². The van der Waals surface area contributed by atoms with E-state index in [-0.39, 0.29) is 10.7 Å². The van der Waals surface area contributed by atoms with Crippen molar-refractivity contribution >= 4 is 17.6 Å². The average Bonchev–Trinajstić information content (AvgIpc) is 2.35. The van der Waals surface area contributed by atoms with Gasteiger partial charge in [-0.2, -0.15) is 0 Å². The van der Waals surface area contributed by atoms with Gasteiger partial charge in [0.25, 0.3) is 0 Å². The molecule has 19 heavy (non-hydrogen) atoms. The summed E-state index contributed by atoms with van der Waals surface area (Å²) >= 11 is 5.75. The largest absolute Gasteiger partial charge is 0.477 e. The van der Waals surface area contributed by atoms with Crippen molar-refractivity contribution in [3.05, 3.63) is 52.1 Å². The Labute approximate surface area is 114 Å². The molecule has 0 fully saturated rings. The van der Waals surface area contributed by atoms with E-state index < -0.39 is 11.8 Å². The summed E-state index contributed by atoms with van der Waals surface area (Å²) in [6.45, 7) is 3.38. The average molecular weight is 280 g/mol. The molecule has 2 aromatic rings. The van der Waals surface area contributed by atoms with E-state index in [2.05, 4.69) is 4.98 Å². The molecule has 0 atom stereocenters. The Morgan fingerprint density at radius 1 is 1.32 bits per heavy atom. The molecule has 0 saturated heterocycles. The van der Waals surface area contributed by atoms with Crippen LogP contribution in [0.25, 0.3) is 11.1 Å². The number of carbonyl (C=O) groups is 1. The van der Waals surface area contributed by atoms with Gasteiger partial charge in [-0.15, -0.1) is 0 Å². The fourth-order valence-electron chi connectivity index (χ4n) is 1.91. The molecule has 0 bridgehead atoms. The molecule has 0 saturated carbocycles. The lowest BCUT2D eigenvalue weighted by molar-refractivity contribution is 0.0689. The highest BCUT2D eigenvalue weighted by atomic mass is 35.5. The lowest BCUT2D eigenvalue weighted by atomic mass is 9.99. The third-order valence-corrected chi connectivity index (χ3v) is 3.12. The van der Waals surface area contributed by atoms with Gasteiger partial charge < -0.3 is 5.11 Å². The van der Waals surface area contributed by atoms with E-state index in [4.69, 9.17) is 16.7 Å². The molecule has 0 aliphatic heterocycles. The van der Waals surface area contributed by atoms with E-state index in [1.807, 2.05) is 0 Å². The van der Waals surface area contributed by atoms with Crippen LogP contribution in [0, 0.1) is 19.7 Å². The zero-order valence-electron chi connectivity index (χ0n) is 10.4. The molecule has 1 aromatic carbocycles. The first kappa shape index (κ1) is 13.5. The summed E-state index contributed by atoms with van der Waals surface area (Å²) in [5.74, 6) is -1.59. The maximum absolute atomic E-state index is 13.2. The van der Waals surface area contributed by atoms with Crippen molar-refractivity contribution in [1.82, 2.24) is 4.98 Å². The number of rotatable bonds is 2. The van der Waals surface area contributed by atoms with Crippen molar-refractivity contribution in [3.8, 4) is 11.1 Å². The van der Waals surface area contributed by atoms with E-state index in [0.29, 0.717) is 22.4 Å². The van der Waals surface area contributed by atoms with Crippen LogP contribution in [0.5, 0.6) is 0 Å². The highest BCUT2D eigenvalue weighted by molar-refractivity contribution is 6.31. The monoisotopic (exact) mass is 279 g/mol. The summed E-state index contributed by atoms with van der Waals surface area (Å²) < 4.78 is 13.2. The predicted molar refractivity (Wildman–Crippen MR) is 71.1 cm³/mol. The number of halogens is 2. The van der Waals surface area contributed by atoms with Gasteiger partial charge in [-0.25, -0.2) is 14.2 Å². The normalized spacial score (nSPS) is 10.5. The number of hydrogen-bond acceptors (Lipinski definition) is 2. The Hall–Kier alpha value is -1.94. The maximum atomic E-state index is 13.2. The van der Waals surface area contributed by atoms with Gasteiger partial charge >= 0.3 is 5.97 Å². The molecule has 0 aliphatic carbocycles. The molecule has 0 amide bonds. The van der Waals surface area contributed by atoms with E-state index in [0.717, 1.165) is 0 Å². The second kappa shape index (κ2) is 4.97. The highest BCUT2D eigenvalue weighted by Gasteiger charge is 2.15. The summed E-state index contributed by atoms with van der Waals surface area (Å²) in [4.78, 5) is 15.1. The van der Waals surface area contributed by atoms with Gasteiger partial charge in [-0.3, -0.25) is 0 Å². The molecule has 1 aromatic heterocycles. The number of hydrogen-bond donors (Lipinski definition) is 1. The van der Waals surface area contributed by atoms with Crippen LogP contribution in [0.2, 0.25) is 5.02 Å². The van der Waals surface area contributed by atoms with Crippen molar-refractivity contribution in [2.24, 2.45) is 0 Å². The number of aromatic carboxylic acids is 1. The summed E-state index contributed by atoms with van der Waals surface area (Å²) in [5, 5.41) is 9.11. The van der Waals surface area contributed by atoms with Crippen LogP contribution in [0.15, 0.2) is 24.3 Å². The van der Waals surface area contributed by atoms with Crippen LogP contribution in [0.4, 0.5) is 4.39 Å². The fourth-order valence-corrected chi connectivity index (χ4v) is 2.09. The molecular weight excluding hydrogens is 269 g/mol. The molecular formula is C14H11ClFNO2. The first-order valence-electron chi connectivity index (χ1n) is 5.57. The first-order chi connectivity index (χ1) is 8.90. The highest BCUT2D eigenvalue weighted by Crippen LogP contribution is 2.29. The molecule has 0 radical (unpaired) electrons. The second-order valence-electron chi connectivity index (χ2n) is 4.22. The summed E-state index contributed by atoms with van der Waals surface area (Å²) in [5.41, 5.74) is 2.46. The fraction of sp³-hybridized carbons (Fsp3) is 0.143. The van der Waals surface area contributed by atoms with Crippen LogP contribution in [0.1, 0.15) is 21.7 Å². The van der Waals surface area contributed by atoms with Crippen LogP contribution >= 0.6 is 11.6 Å². The number of benzene rings is 1. The van der Waals surface area contributed by atoms with Crippen molar-refractivity contribution in [3.63, 3.8) is 0 Å². The van der Waals surface area contributed by atoms with Crippen LogP contribution < -0.4 is 0 Å². The Kier molecular flexibility index (Phi) is 3.53. The quantitative estimate of drug-likeness (QED) is 0.908. The number of nitrogens with zero attached hydrogens (tertiary/aromatic N) is 1. The molecule has 1 N–H and O–H groups in total. The van der Waals surface area contributed by atoms with E-state index in [1.54, 1.807) is 26.0 Å². The SMILES string of the molecule is Cc1cc(-c2ccc(F)c(Cl)c2)c(C)c(C(=O)O)n1. The van der Waals surface area contributed by atoms with Gasteiger partial charge in [-0.05, 0) is 48.7 Å². The molecule has 0 unspecified atom stereocenters. The Morgan fingerprint density at radius 2 is 2.00 bits per heavy atom. The van der Waals surface area contributed by atoms with E-state index in [1.165, 1.54) is 12.1 Å². The predicted octanol–water partition coefficient (Wildman–Crippen LogP) is 3.86. The van der Waals surface area contributed by atoms with Crippen LogP contribution in [0.3, 0.4) is 0 Å². The minimum Gasteiger partial charge on any atom is -0.477 e. The lowest BCUT2D eigenvalue weighted by Crippen LogP contribution is -2.06. The van der Waals surface area contributed by atoms with E-state index in [9.17, 15) is 9.18 Å². The van der Waals surface area contributed by atoms with Crippen LogP contribution in [-0.4, -0.2) is 16.1 Å². The van der Waals surface area contributed by atoms with E-state index >= 15 is 0 Å². The smallest absolute Gasteiger partial charge is 0.354 e. The van der Waals surface area contributed by atoms with Crippen molar-refractivity contribution in [1.29, 1.82) is 0 Å². The Balaban J connectivity index is 2.68. The molecule has 3 nitrogen and oxygen atoms in total. The number of aromatic nitrogens is 1. The topological polar surface area (TPSA) is 50.2 Å². The number of pyridine rings is 1. The van der Waals surface area contributed by atoms with Crippen molar-refractivity contribution in [2.75, 3.05) is 0 Å². The molecule has 0 aliphatic rings.